The molecule has 0 saturated carbocycles. The highest BCUT2D eigenvalue weighted by atomic mass is 16.5. The Balaban J connectivity index is 1.82. The summed E-state index contributed by atoms with van der Waals surface area (Å²) in [5.74, 6) is 0.244. The van der Waals surface area contributed by atoms with Crippen LogP contribution in [0.15, 0.2) is 30.3 Å². The number of likely N-dealkylation sites (tertiary alicyclic amines) is 1. The lowest BCUT2D eigenvalue weighted by Gasteiger charge is -2.33. The minimum atomic E-state index is -0.437. The zero-order chi connectivity index (χ0) is 14.4. The number of benzene rings is 1. The fourth-order valence-electron chi connectivity index (χ4n) is 2.54. The number of ether oxygens (including phenoxy) is 1. The van der Waals surface area contributed by atoms with E-state index in [1.807, 2.05) is 35.2 Å². The fraction of sp³-hybridized carbons (Fsp3) is 0.562. The molecule has 2 atom stereocenters. The molecule has 4 nitrogen and oxygen atoms in total. The molecule has 1 amide bonds. The van der Waals surface area contributed by atoms with Crippen molar-refractivity contribution in [1.82, 2.24) is 4.90 Å². The van der Waals surface area contributed by atoms with Crippen molar-refractivity contribution in [1.29, 1.82) is 0 Å². The zero-order valence-corrected chi connectivity index (χ0v) is 12.0. The molecule has 0 radical (unpaired) electrons. The summed E-state index contributed by atoms with van der Waals surface area (Å²) in [5.41, 5.74) is 1.07. The van der Waals surface area contributed by atoms with E-state index in [9.17, 15) is 9.90 Å². The lowest BCUT2D eigenvalue weighted by atomic mass is 9.99. The Morgan fingerprint density at radius 3 is 2.90 bits per heavy atom. The van der Waals surface area contributed by atoms with Gasteiger partial charge in [-0.2, -0.15) is 0 Å². The van der Waals surface area contributed by atoms with Gasteiger partial charge in [-0.15, -0.1) is 0 Å². The van der Waals surface area contributed by atoms with Crippen LogP contribution in [-0.4, -0.2) is 41.7 Å². The topological polar surface area (TPSA) is 49.8 Å². The molecule has 20 heavy (non-hydrogen) atoms. The van der Waals surface area contributed by atoms with Gasteiger partial charge in [0.15, 0.2) is 0 Å². The van der Waals surface area contributed by atoms with Crippen LogP contribution >= 0.6 is 0 Å². The molecule has 0 bridgehead atoms. The van der Waals surface area contributed by atoms with Gasteiger partial charge in [-0.3, -0.25) is 4.79 Å². The molecule has 1 aromatic rings. The predicted octanol–water partition coefficient (Wildman–Crippen LogP) is 1.82. The monoisotopic (exact) mass is 277 g/mol. The summed E-state index contributed by atoms with van der Waals surface area (Å²) in [5, 5.41) is 9.21. The van der Waals surface area contributed by atoms with Gasteiger partial charge in [-0.25, -0.2) is 0 Å². The van der Waals surface area contributed by atoms with Crippen molar-refractivity contribution in [2.45, 2.75) is 32.5 Å². The van der Waals surface area contributed by atoms with E-state index in [1.165, 1.54) is 0 Å². The van der Waals surface area contributed by atoms with Crippen LogP contribution < -0.4 is 0 Å². The number of rotatable bonds is 5. The van der Waals surface area contributed by atoms with Gasteiger partial charge in [0.05, 0.1) is 6.61 Å². The van der Waals surface area contributed by atoms with Crippen molar-refractivity contribution >= 4 is 5.91 Å². The minimum Gasteiger partial charge on any atom is -0.396 e. The van der Waals surface area contributed by atoms with E-state index in [0.717, 1.165) is 24.9 Å². The van der Waals surface area contributed by atoms with Crippen LogP contribution in [0.3, 0.4) is 0 Å². The molecule has 2 rings (SSSR count). The second-order valence-corrected chi connectivity index (χ2v) is 5.41. The predicted molar refractivity (Wildman–Crippen MR) is 77.1 cm³/mol. The highest BCUT2D eigenvalue weighted by Crippen LogP contribution is 2.17. The largest absolute Gasteiger partial charge is 0.396 e. The molecule has 1 aliphatic rings. The first kappa shape index (κ1) is 15.0. The maximum absolute atomic E-state index is 12.3. The average Bonchev–Trinajstić information content (AvgIpc) is 2.53. The summed E-state index contributed by atoms with van der Waals surface area (Å²) in [6.07, 6.45) is 1.52. The number of hydrogen-bond acceptors (Lipinski definition) is 3. The molecule has 0 aromatic heterocycles. The number of carbonyl (C=O) groups excluding carboxylic acids is 1. The molecular weight excluding hydrogens is 254 g/mol. The van der Waals surface area contributed by atoms with Crippen LogP contribution in [0.1, 0.15) is 25.3 Å². The van der Waals surface area contributed by atoms with Gasteiger partial charge < -0.3 is 14.7 Å². The summed E-state index contributed by atoms with van der Waals surface area (Å²) >= 11 is 0. The molecule has 1 aromatic carbocycles. The third-order valence-electron chi connectivity index (χ3n) is 3.78. The van der Waals surface area contributed by atoms with Gasteiger partial charge in [-0.1, -0.05) is 30.3 Å². The summed E-state index contributed by atoms with van der Waals surface area (Å²) < 4.78 is 5.66. The van der Waals surface area contributed by atoms with Crippen LogP contribution in [0.4, 0.5) is 0 Å². The van der Waals surface area contributed by atoms with Crippen LogP contribution in [0.5, 0.6) is 0 Å². The molecule has 1 aliphatic heterocycles. The van der Waals surface area contributed by atoms with Gasteiger partial charge in [0.1, 0.15) is 6.10 Å². The van der Waals surface area contributed by atoms with Crippen molar-refractivity contribution in [2.24, 2.45) is 5.92 Å². The molecule has 1 heterocycles. The second-order valence-electron chi connectivity index (χ2n) is 5.41. The first-order valence-corrected chi connectivity index (χ1v) is 7.26. The summed E-state index contributed by atoms with van der Waals surface area (Å²) in [7, 11) is 0. The minimum absolute atomic E-state index is 0.0269. The molecule has 4 heteroatoms. The number of carbonyl (C=O) groups is 1. The summed E-state index contributed by atoms with van der Waals surface area (Å²) in [6, 6.07) is 9.85. The lowest BCUT2D eigenvalue weighted by Crippen LogP contribution is -2.45. The normalized spacial score (nSPS) is 20.7. The highest BCUT2D eigenvalue weighted by molar-refractivity contribution is 5.80. The van der Waals surface area contributed by atoms with E-state index in [1.54, 1.807) is 6.92 Å². The number of aliphatic hydroxyl groups excluding tert-OH is 1. The van der Waals surface area contributed by atoms with Crippen LogP contribution in [-0.2, 0) is 16.1 Å². The smallest absolute Gasteiger partial charge is 0.251 e. The number of hydrogen-bond donors (Lipinski definition) is 1. The summed E-state index contributed by atoms with van der Waals surface area (Å²) in [4.78, 5) is 14.1. The molecule has 1 N–H and O–H groups in total. The van der Waals surface area contributed by atoms with Crippen molar-refractivity contribution in [3.63, 3.8) is 0 Å². The Kier molecular flexibility index (Phi) is 5.56. The molecule has 110 valence electrons. The standard InChI is InChI=1S/C16H23NO3/c1-13(20-12-14-6-3-2-4-7-14)16(19)17-9-5-8-15(10-17)11-18/h2-4,6-7,13,15,18H,5,8-12H2,1H3. The molecular formula is C16H23NO3. The lowest BCUT2D eigenvalue weighted by molar-refractivity contribution is -0.145. The number of aliphatic hydroxyl groups is 1. The first-order valence-electron chi connectivity index (χ1n) is 7.26. The fourth-order valence-corrected chi connectivity index (χ4v) is 2.54. The van der Waals surface area contributed by atoms with Gasteiger partial charge in [0.25, 0.3) is 5.91 Å². The van der Waals surface area contributed by atoms with Gasteiger partial charge in [-0.05, 0) is 31.2 Å². The maximum atomic E-state index is 12.3. The molecule has 0 aliphatic carbocycles. The Morgan fingerprint density at radius 1 is 1.45 bits per heavy atom. The maximum Gasteiger partial charge on any atom is 0.251 e. The first-order chi connectivity index (χ1) is 9.70. The quantitative estimate of drug-likeness (QED) is 0.893. The SMILES string of the molecule is CC(OCc1ccccc1)C(=O)N1CCCC(CO)C1. The third kappa shape index (κ3) is 4.05. The zero-order valence-electron chi connectivity index (χ0n) is 12.0. The van der Waals surface area contributed by atoms with Gasteiger partial charge in [0, 0.05) is 19.7 Å². The molecule has 1 saturated heterocycles. The van der Waals surface area contributed by atoms with Gasteiger partial charge >= 0.3 is 0 Å². The third-order valence-corrected chi connectivity index (χ3v) is 3.78. The van der Waals surface area contributed by atoms with Crippen molar-refractivity contribution in [2.75, 3.05) is 19.7 Å². The highest BCUT2D eigenvalue weighted by Gasteiger charge is 2.26. The number of nitrogens with zero attached hydrogens (tertiary/aromatic N) is 1. The van der Waals surface area contributed by atoms with E-state index in [0.29, 0.717) is 13.2 Å². The molecule has 0 spiro atoms. The van der Waals surface area contributed by atoms with Crippen LogP contribution in [0.25, 0.3) is 0 Å². The Hall–Kier alpha value is -1.39. The van der Waals surface area contributed by atoms with Crippen LogP contribution in [0.2, 0.25) is 0 Å². The van der Waals surface area contributed by atoms with E-state index in [2.05, 4.69) is 0 Å². The molecule has 1 fully saturated rings. The van der Waals surface area contributed by atoms with E-state index >= 15 is 0 Å². The van der Waals surface area contributed by atoms with Gasteiger partial charge in [0.2, 0.25) is 0 Å². The summed E-state index contributed by atoms with van der Waals surface area (Å²) in [6.45, 7) is 3.82. The number of amides is 1. The number of piperidine rings is 1. The second kappa shape index (κ2) is 7.41. The van der Waals surface area contributed by atoms with E-state index in [4.69, 9.17) is 4.74 Å². The molecule has 2 unspecified atom stereocenters. The Morgan fingerprint density at radius 2 is 2.20 bits per heavy atom. The van der Waals surface area contributed by atoms with Crippen molar-refractivity contribution in [3.8, 4) is 0 Å². The van der Waals surface area contributed by atoms with Crippen molar-refractivity contribution < 1.29 is 14.6 Å². The Labute approximate surface area is 120 Å². The average molecular weight is 277 g/mol. The van der Waals surface area contributed by atoms with Crippen molar-refractivity contribution in [3.05, 3.63) is 35.9 Å². The Bertz CT molecular complexity index is 421. The van der Waals surface area contributed by atoms with E-state index < -0.39 is 6.10 Å². The van der Waals surface area contributed by atoms with E-state index in [-0.39, 0.29) is 18.4 Å². The van der Waals surface area contributed by atoms with Crippen LogP contribution in [0, 0.1) is 5.92 Å².